The number of rotatable bonds is 1. The van der Waals surface area contributed by atoms with Crippen molar-refractivity contribution in [1.82, 2.24) is 0 Å². The Morgan fingerprint density at radius 3 is 2.20 bits per heavy atom. The van der Waals surface area contributed by atoms with Crippen molar-refractivity contribution in [1.29, 1.82) is 0 Å². The molecule has 1 aliphatic carbocycles. The Balaban J connectivity index is 0.000000500. The largest absolute Gasteiger partial charge is 1.00 e. The van der Waals surface area contributed by atoms with E-state index in [1.807, 2.05) is 6.07 Å². The first-order valence-corrected chi connectivity index (χ1v) is 3.12. The van der Waals surface area contributed by atoms with Crippen molar-refractivity contribution >= 4 is 5.57 Å². The van der Waals surface area contributed by atoms with E-state index in [1.54, 1.807) is 0 Å². The van der Waals surface area contributed by atoms with E-state index in [-0.39, 0.29) is 18.9 Å². The molecule has 0 amide bonds. The molecule has 0 unspecified atom stereocenters. The van der Waals surface area contributed by atoms with Gasteiger partial charge in [0.15, 0.2) is 0 Å². The maximum absolute atomic E-state index is 3.17. The Labute approximate surface area is 73.1 Å². The molecule has 1 aromatic carbocycles. The minimum atomic E-state index is 0. The van der Waals surface area contributed by atoms with Crippen molar-refractivity contribution < 1.29 is 18.9 Å². The van der Waals surface area contributed by atoms with Crippen LogP contribution in [0, 0.1) is 6.08 Å². The zero-order valence-electron chi connectivity index (χ0n) is 6.09. The fourth-order valence-electron chi connectivity index (χ4n) is 0.888. The number of hydrogen-bond acceptors (Lipinski definition) is 0. The average molecular weight is 122 g/mol. The first kappa shape index (κ1) is 7.66. The summed E-state index contributed by atoms with van der Waals surface area (Å²) in [5.74, 6) is 0. The van der Waals surface area contributed by atoms with Crippen LogP contribution in [0.1, 0.15) is 12.0 Å². The third-order valence-corrected chi connectivity index (χ3v) is 1.48. The maximum atomic E-state index is 3.17. The first-order chi connectivity index (χ1) is 4.47. The van der Waals surface area contributed by atoms with Crippen LogP contribution >= 0.6 is 0 Å². The minimum absolute atomic E-state index is 0. The molecule has 0 N–H and O–H groups in total. The Kier molecular flexibility index (Phi) is 2.37. The van der Waals surface area contributed by atoms with Gasteiger partial charge in [0.2, 0.25) is 0 Å². The number of allylic oxidation sites excluding steroid dienone is 2. The van der Waals surface area contributed by atoms with Crippen LogP contribution in [-0.4, -0.2) is 0 Å². The molecule has 0 saturated carbocycles. The van der Waals surface area contributed by atoms with Crippen LogP contribution < -0.4 is 18.9 Å². The van der Waals surface area contributed by atoms with E-state index in [4.69, 9.17) is 0 Å². The molecule has 0 bridgehead atoms. The van der Waals surface area contributed by atoms with Gasteiger partial charge < -0.3 is 0 Å². The number of benzene rings is 1. The van der Waals surface area contributed by atoms with Crippen LogP contribution in [0.5, 0.6) is 0 Å². The molecule has 1 aromatic rings. The second-order valence-corrected chi connectivity index (χ2v) is 2.20. The zero-order valence-corrected chi connectivity index (χ0v) is 6.09. The molecule has 0 atom stereocenters. The Morgan fingerprint density at radius 2 is 1.70 bits per heavy atom. The summed E-state index contributed by atoms with van der Waals surface area (Å²) in [6, 6.07) is 10.4. The van der Waals surface area contributed by atoms with Gasteiger partial charge in [-0.3, -0.25) is 6.08 Å². The molecule has 0 saturated heterocycles. The van der Waals surface area contributed by atoms with E-state index in [0.717, 1.165) is 6.42 Å². The third kappa shape index (κ3) is 1.53. The standard InChI is InChI=1S/C9H7.Li/c1-2-4-8(5-3-1)9-6-7-9;/h1-5H,6H2;/q-1;+1. The summed E-state index contributed by atoms with van der Waals surface area (Å²) in [6.07, 6.45) is 4.24. The smallest absolute Gasteiger partial charge is 0.271 e. The van der Waals surface area contributed by atoms with Crippen LogP contribution in [0.3, 0.4) is 0 Å². The van der Waals surface area contributed by atoms with Crippen molar-refractivity contribution in [2.75, 3.05) is 0 Å². The monoisotopic (exact) mass is 122 g/mol. The van der Waals surface area contributed by atoms with E-state index in [9.17, 15) is 0 Å². The molecule has 0 heterocycles. The quantitative estimate of drug-likeness (QED) is 0.340. The van der Waals surface area contributed by atoms with E-state index in [1.165, 1.54) is 11.1 Å². The van der Waals surface area contributed by atoms with Crippen molar-refractivity contribution in [2.45, 2.75) is 6.42 Å². The fourth-order valence-corrected chi connectivity index (χ4v) is 0.888. The fraction of sp³-hybridized carbons (Fsp3) is 0.111. The summed E-state index contributed by atoms with van der Waals surface area (Å²) in [6.45, 7) is 0. The van der Waals surface area contributed by atoms with Crippen molar-refractivity contribution in [3.63, 3.8) is 0 Å². The Bertz CT molecular complexity index is 236. The van der Waals surface area contributed by atoms with E-state index in [0.29, 0.717) is 0 Å². The molecular formula is C9H7Li. The third-order valence-electron chi connectivity index (χ3n) is 1.48. The second-order valence-electron chi connectivity index (χ2n) is 2.20. The summed E-state index contributed by atoms with van der Waals surface area (Å²) in [5, 5.41) is 0. The predicted molar refractivity (Wildman–Crippen MR) is 37.7 cm³/mol. The summed E-state index contributed by atoms with van der Waals surface area (Å²) in [7, 11) is 0. The Hall–Kier alpha value is -0.443. The van der Waals surface area contributed by atoms with Gasteiger partial charge in [-0.05, 0) is 0 Å². The van der Waals surface area contributed by atoms with E-state index < -0.39 is 0 Å². The SMILES string of the molecule is [C-]1=C(c2ccccc2)C1.[Li+]. The average Bonchev–Trinajstić information content (AvgIpc) is 2.71. The molecule has 0 radical (unpaired) electrons. The molecule has 0 aromatic heterocycles. The van der Waals surface area contributed by atoms with Gasteiger partial charge in [-0.2, -0.15) is 5.56 Å². The topological polar surface area (TPSA) is 0 Å². The molecular weight excluding hydrogens is 115 g/mol. The van der Waals surface area contributed by atoms with E-state index >= 15 is 0 Å². The summed E-state index contributed by atoms with van der Waals surface area (Å²) in [4.78, 5) is 0. The molecule has 0 nitrogen and oxygen atoms in total. The van der Waals surface area contributed by atoms with Crippen LogP contribution in [-0.2, 0) is 0 Å². The molecule has 0 spiro atoms. The van der Waals surface area contributed by atoms with Gasteiger partial charge in [-0.15, -0.1) is 18.6 Å². The zero-order chi connectivity index (χ0) is 6.10. The van der Waals surface area contributed by atoms with Crippen LogP contribution in [0.4, 0.5) is 0 Å². The van der Waals surface area contributed by atoms with E-state index in [2.05, 4.69) is 30.3 Å². The normalized spacial score (nSPS) is 13.4. The maximum Gasteiger partial charge on any atom is 1.00 e. The van der Waals surface area contributed by atoms with Gasteiger partial charge >= 0.3 is 18.9 Å². The first-order valence-electron chi connectivity index (χ1n) is 3.12. The molecule has 44 valence electrons. The molecule has 2 rings (SSSR count). The summed E-state index contributed by atoms with van der Waals surface area (Å²) < 4.78 is 0. The van der Waals surface area contributed by atoms with Gasteiger partial charge in [0.05, 0.1) is 0 Å². The van der Waals surface area contributed by atoms with Gasteiger partial charge in [-0.1, -0.05) is 18.2 Å². The summed E-state index contributed by atoms with van der Waals surface area (Å²) >= 11 is 0. The van der Waals surface area contributed by atoms with Crippen LogP contribution in [0.25, 0.3) is 5.57 Å². The van der Waals surface area contributed by atoms with Crippen molar-refractivity contribution in [3.8, 4) is 0 Å². The van der Waals surface area contributed by atoms with Crippen LogP contribution in [0.15, 0.2) is 30.3 Å². The van der Waals surface area contributed by atoms with Gasteiger partial charge in [-0.25, -0.2) is 5.57 Å². The molecule has 1 heteroatoms. The van der Waals surface area contributed by atoms with Crippen LogP contribution in [0.2, 0.25) is 0 Å². The molecule has 10 heavy (non-hydrogen) atoms. The second kappa shape index (κ2) is 3.10. The minimum Gasteiger partial charge on any atom is -0.271 e. The predicted octanol–water partition coefficient (Wildman–Crippen LogP) is -0.719. The molecule has 0 fully saturated rings. The van der Waals surface area contributed by atoms with Gasteiger partial charge in [0.1, 0.15) is 0 Å². The Morgan fingerprint density at radius 1 is 1.10 bits per heavy atom. The van der Waals surface area contributed by atoms with Gasteiger partial charge in [0.25, 0.3) is 0 Å². The van der Waals surface area contributed by atoms with Crippen molar-refractivity contribution in [2.24, 2.45) is 0 Å². The molecule has 1 aliphatic rings. The van der Waals surface area contributed by atoms with Gasteiger partial charge in [0, 0.05) is 0 Å². The molecule has 0 aliphatic heterocycles. The number of hydrogen-bond donors (Lipinski definition) is 0. The summed E-state index contributed by atoms with van der Waals surface area (Å²) in [5.41, 5.74) is 2.70. The van der Waals surface area contributed by atoms with Crippen molar-refractivity contribution in [3.05, 3.63) is 42.0 Å².